The normalized spacial score (nSPS) is 11.8. The quantitative estimate of drug-likeness (QED) is 0.158. The van der Waals surface area contributed by atoms with Crippen molar-refractivity contribution >= 4 is 57.0 Å². The van der Waals surface area contributed by atoms with Crippen LogP contribution < -0.4 is 0 Å². The van der Waals surface area contributed by atoms with E-state index in [9.17, 15) is 0 Å². The molecular formula is C47H34N4. The van der Waals surface area contributed by atoms with Crippen molar-refractivity contribution in [3.63, 3.8) is 0 Å². The minimum absolute atomic E-state index is 0.823. The maximum Gasteiger partial charge on any atom is 0.145 e. The summed E-state index contributed by atoms with van der Waals surface area (Å²) in [7, 11) is 0. The summed E-state index contributed by atoms with van der Waals surface area (Å²) < 4.78 is 4.50. The fraction of sp³-hybridized carbons (Fsp3) is 0.0213. The van der Waals surface area contributed by atoms with Gasteiger partial charge < -0.3 is 0 Å². The first-order valence-electron chi connectivity index (χ1n) is 17.2. The lowest BCUT2D eigenvalue weighted by Gasteiger charge is -2.13. The van der Waals surface area contributed by atoms with Crippen LogP contribution in [0.15, 0.2) is 175 Å². The molecule has 0 radical (unpaired) electrons. The molecule has 0 aliphatic carbocycles. The molecule has 0 bridgehead atoms. The van der Waals surface area contributed by atoms with Crippen molar-refractivity contribution in [1.82, 2.24) is 14.1 Å². The Kier molecular flexibility index (Phi) is 7.48. The Balaban J connectivity index is 1.16. The fourth-order valence-electron chi connectivity index (χ4n) is 7.36. The highest BCUT2D eigenvalue weighted by molar-refractivity contribution is 6.09. The maximum absolute atomic E-state index is 5.06. The lowest BCUT2D eigenvalue weighted by molar-refractivity contribution is 1.11. The molecule has 9 aromatic rings. The number of nitrogens with zero attached hydrogens (tertiary/aromatic N) is 4. The summed E-state index contributed by atoms with van der Waals surface area (Å²) >= 11 is 0. The van der Waals surface area contributed by atoms with Gasteiger partial charge in [-0.2, -0.15) is 0 Å². The van der Waals surface area contributed by atoms with Gasteiger partial charge in [-0.3, -0.25) is 9.13 Å². The number of allylic oxidation sites excluding steroid dienone is 1. The SMILES string of the molecule is C=Nc1c(/C=C(\C)c2ccccc2)c2ccccc2n1-c1cccc(-c2cccc(-n3c4ccccc4c4cc(-c5ccccc5)cnc43)c2)c1. The highest BCUT2D eigenvalue weighted by Crippen LogP contribution is 2.39. The van der Waals surface area contributed by atoms with Crippen LogP contribution >= 0.6 is 0 Å². The van der Waals surface area contributed by atoms with Crippen LogP contribution in [0.4, 0.5) is 5.82 Å². The van der Waals surface area contributed by atoms with E-state index >= 15 is 0 Å². The van der Waals surface area contributed by atoms with Crippen LogP contribution in [0, 0.1) is 0 Å². The molecule has 0 fully saturated rings. The lowest BCUT2D eigenvalue weighted by Crippen LogP contribution is -1.97. The molecule has 0 aliphatic heterocycles. The van der Waals surface area contributed by atoms with Crippen molar-refractivity contribution in [2.75, 3.05) is 0 Å². The molecule has 4 nitrogen and oxygen atoms in total. The molecule has 0 amide bonds. The first kappa shape index (κ1) is 30.3. The second-order valence-electron chi connectivity index (χ2n) is 12.9. The minimum atomic E-state index is 0.823. The van der Waals surface area contributed by atoms with Gasteiger partial charge in [-0.25, -0.2) is 9.98 Å². The van der Waals surface area contributed by atoms with E-state index in [0.717, 1.165) is 72.5 Å². The second kappa shape index (κ2) is 12.6. The van der Waals surface area contributed by atoms with Crippen LogP contribution in [-0.4, -0.2) is 20.8 Å². The van der Waals surface area contributed by atoms with Crippen LogP contribution in [-0.2, 0) is 0 Å². The molecule has 51 heavy (non-hydrogen) atoms. The summed E-state index contributed by atoms with van der Waals surface area (Å²) in [4.78, 5) is 9.68. The van der Waals surface area contributed by atoms with Gasteiger partial charge in [0.2, 0.25) is 0 Å². The number of aromatic nitrogens is 3. The summed E-state index contributed by atoms with van der Waals surface area (Å²) in [6.45, 7) is 6.19. The summed E-state index contributed by atoms with van der Waals surface area (Å²) in [6.07, 6.45) is 4.21. The first-order valence-corrected chi connectivity index (χ1v) is 17.2. The number of pyridine rings is 1. The van der Waals surface area contributed by atoms with Crippen LogP contribution in [0.5, 0.6) is 0 Å². The molecule has 6 aromatic carbocycles. The zero-order valence-electron chi connectivity index (χ0n) is 28.2. The van der Waals surface area contributed by atoms with Gasteiger partial charge in [-0.15, -0.1) is 0 Å². The topological polar surface area (TPSA) is 35.1 Å². The zero-order valence-corrected chi connectivity index (χ0v) is 28.2. The van der Waals surface area contributed by atoms with Crippen molar-refractivity contribution in [1.29, 1.82) is 0 Å². The van der Waals surface area contributed by atoms with Gasteiger partial charge in [0.25, 0.3) is 0 Å². The third kappa shape index (κ3) is 5.25. The molecule has 0 N–H and O–H groups in total. The molecule has 4 heteroatoms. The lowest BCUT2D eigenvalue weighted by atomic mass is 10.0. The Morgan fingerprint density at radius 2 is 1.12 bits per heavy atom. The Hall–Kier alpha value is -6.78. The van der Waals surface area contributed by atoms with Gasteiger partial charge in [-0.05, 0) is 90.0 Å². The fourth-order valence-corrected chi connectivity index (χ4v) is 7.36. The van der Waals surface area contributed by atoms with Gasteiger partial charge in [-0.1, -0.05) is 121 Å². The predicted octanol–water partition coefficient (Wildman–Crippen LogP) is 12.3. The number of benzene rings is 6. The average molecular weight is 655 g/mol. The Bertz CT molecular complexity index is 2770. The average Bonchev–Trinajstić information content (AvgIpc) is 3.70. The highest BCUT2D eigenvalue weighted by Gasteiger charge is 2.18. The van der Waals surface area contributed by atoms with Crippen molar-refractivity contribution in [3.05, 3.63) is 181 Å². The number of hydrogen-bond acceptors (Lipinski definition) is 2. The van der Waals surface area contributed by atoms with E-state index in [1.165, 1.54) is 16.5 Å². The highest BCUT2D eigenvalue weighted by atomic mass is 15.1. The molecule has 0 unspecified atom stereocenters. The molecule has 9 rings (SSSR count). The van der Waals surface area contributed by atoms with Crippen LogP contribution in [0.2, 0.25) is 0 Å². The van der Waals surface area contributed by atoms with Gasteiger partial charge in [0.15, 0.2) is 0 Å². The number of hydrogen-bond donors (Lipinski definition) is 0. The predicted molar refractivity (Wildman–Crippen MR) is 215 cm³/mol. The summed E-state index contributed by atoms with van der Waals surface area (Å²) in [5.41, 5.74) is 13.1. The van der Waals surface area contributed by atoms with E-state index in [1.807, 2.05) is 18.3 Å². The molecular weight excluding hydrogens is 621 g/mol. The Morgan fingerprint density at radius 1 is 0.549 bits per heavy atom. The van der Waals surface area contributed by atoms with Gasteiger partial charge in [0, 0.05) is 44.9 Å². The van der Waals surface area contributed by atoms with Crippen molar-refractivity contribution in [2.45, 2.75) is 6.92 Å². The standard InChI is InChI=1S/C47H34N4/c1-32(33-15-5-3-6-16-33)27-42-40-23-9-11-25-44(40)50(46(42)48-2)38-21-13-19-35(28-38)36-20-14-22-39(29-36)51-45-26-12-10-24-41(45)43-30-37(31-49-47(43)51)34-17-7-4-8-18-34/h3-31H,2H2,1H3/b32-27+. The van der Waals surface area contributed by atoms with Crippen LogP contribution in [0.25, 0.3) is 78.1 Å². The van der Waals surface area contributed by atoms with Crippen molar-refractivity contribution < 1.29 is 0 Å². The van der Waals surface area contributed by atoms with E-state index in [2.05, 4.69) is 186 Å². The van der Waals surface area contributed by atoms with E-state index in [0.29, 0.717) is 0 Å². The van der Waals surface area contributed by atoms with Crippen molar-refractivity contribution in [2.24, 2.45) is 4.99 Å². The molecule has 0 spiro atoms. The van der Waals surface area contributed by atoms with Gasteiger partial charge in [0.1, 0.15) is 11.5 Å². The molecule has 0 atom stereocenters. The molecule has 3 aromatic heterocycles. The van der Waals surface area contributed by atoms with Crippen molar-refractivity contribution in [3.8, 4) is 33.6 Å². The molecule has 242 valence electrons. The molecule has 0 saturated heterocycles. The largest absolute Gasteiger partial charge is 0.294 e. The number of fused-ring (bicyclic) bond motifs is 4. The van der Waals surface area contributed by atoms with E-state index in [1.54, 1.807) is 0 Å². The van der Waals surface area contributed by atoms with E-state index < -0.39 is 0 Å². The van der Waals surface area contributed by atoms with E-state index in [-0.39, 0.29) is 0 Å². The smallest absolute Gasteiger partial charge is 0.145 e. The number of aliphatic imine (C=N–C) groups is 1. The molecule has 3 heterocycles. The second-order valence-corrected chi connectivity index (χ2v) is 12.9. The van der Waals surface area contributed by atoms with Crippen LogP contribution in [0.1, 0.15) is 18.1 Å². The molecule has 0 saturated carbocycles. The van der Waals surface area contributed by atoms with Gasteiger partial charge in [0.05, 0.1) is 11.0 Å². The third-order valence-corrected chi connectivity index (χ3v) is 9.79. The Labute approximate surface area is 296 Å². The minimum Gasteiger partial charge on any atom is -0.294 e. The maximum atomic E-state index is 5.06. The first-order chi connectivity index (χ1) is 25.2. The number of rotatable bonds is 7. The van der Waals surface area contributed by atoms with E-state index in [4.69, 9.17) is 4.98 Å². The summed E-state index contributed by atoms with van der Waals surface area (Å²) in [5.74, 6) is 0.823. The summed E-state index contributed by atoms with van der Waals surface area (Å²) in [6, 6.07) is 57.7. The monoisotopic (exact) mass is 654 g/mol. The number of para-hydroxylation sites is 2. The zero-order chi connectivity index (χ0) is 34.3. The third-order valence-electron chi connectivity index (χ3n) is 9.79. The summed E-state index contributed by atoms with van der Waals surface area (Å²) in [5, 5.41) is 3.45. The molecule has 0 aliphatic rings. The Morgan fingerprint density at radius 3 is 1.80 bits per heavy atom. The van der Waals surface area contributed by atoms with Gasteiger partial charge >= 0.3 is 0 Å². The van der Waals surface area contributed by atoms with Crippen LogP contribution in [0.3, 0.4) is 0 Å².